The molecule has 0 aliphatic rings. The van der Waals surface area contributed by atoms with Crippen LogP contribution in [0.3, 0.4) is 0 Å². The van der Waals surface area contributed by atoms with Crippen LogP contribution in [0.1, 0.15) is 5.56 Å². The van der Waals surface area contributed by atoms with E-state index in [1.165, 1.54) is 5.56 Å². The van der Waals surface area contributed by atoms with Crippen LogP contribution in [-0.2, 0) is 0 Å². The Hall–Kier alpha value is -1.90. The molecule has 0 atom stereocenters. The summed E-state index contributed by atoms with van der Waals surface area (Å²) in [6.45, 7) is 2.07. The van der Waals surface area contributed by atoms with Crippen molar-refractivity contribution in [2.24, 2.45) is 0 Å². The molecule has 0 saturated carbocycles. The highest BCUT2D eigenvalue weighted by Crippen LogP contribution is 2.17. The van der Waals surface area contributed by atoms with Crippen molar-refractivity contribution in [3.8, 4) is 0 Å². The number of fused-ring (bicyclic) bond motifs is 2. The minimum Gasteiger partial charge on any atom is -0.343 e. The molecule has 0 aliphatic carbocycles. The number of imidazole rings is 1. The van der Waals surface area contributed by atoms with E-state index in [1.54, 1.807) is 6.33 Å². The van der Waals surface area contributed by atoms with Crippen molar-refractivity contribution < 1.29 is 0 Å². The van der Waals surface area contributed by atoms with Crippen molar-refractivity contribution in [1.82, 2.24) is 15.0 Å². The summed E-state index contributed by atoms with van der Waals surface area (Å²) in [5.41, 5.74) is 3.99. The molecule has 0 radical (unpaired) electrons. The molecule has 1 N–H and O–H groups in total. The first-order valence-electron chi connectivity index (χ1n) is 4.53. The zero-order chi connectivity index (χ0) is 9.54. The Kier molecular flexibility index (Phi) is 1.36. The lowest BCUT2D eigenvalue weighted by Gasteiger charge is -1.98. The van der Waals surface area contributed by atoms with Crippen LogP contribution < -0.4 is 0 Å². The van der Waals surface area contributed by atoms with Gasteiger partial charge >= 0.3 is 0 Å². The van der Waals surface area contributed by atoms with Crippen molar-refractivity contribution in [2.45, 2.75) is 6.92 Å². The van der Waals surface area contributed by atoms with Gasteiger partial charge in [-0.3, -0.25) is 0 Å². The largest absolute Gasteiger partial charge is 0.343 e. The zero-order valence-corrected chi connectivity index (χ0v) is 7.78. The van der Waals surface area contributed by atoms with E-state index in [9.17, 15) is 0 Å². The Bertz CT molecular complexity index is 610. The predicted molar refractivity (Wildman–Crippen MR) is 56.1 cm³/mol. The maximum absolute atomic E-state index is 4.46. The van der Waals surface area contributed by atoms with Crippen LogP contribution in [0.2, 0.25) is 0 Å². The molecule has 3 nitrogen and oxygen atoms in total. The number of benzene rings is 1. The van der Waals surface area contributed by atoms with Gasteiger partial charge in [-0.05, 0) is 24.6 Å². The lowest BCUT2D eigenvalue weighted by molar-refractivity contribution is 1.32. The molecule has 0 amide bonds. The highest BCUT2D eigenvalue weighted by atomic mass is 14.9. The monoisotopic (exact) mass is 183 g/mol. The number of nitrogens with zero attached hydrogens (tertiary/aromatic N) is 2. The molecule has 0 spiro atoms. The van der Waals surface area contributed by atoms with E-state index in [1.807, 2.05) is 0 Å². The third-order valence-electron chi connectivity index (χ3n) is 2.36. The average molecular weight is 183 g/mol. The Morgan fingerprint density at radius 3 is 3.07 bits per heavy atom. The standard InChI is InChI=1S/C11H9N3/c1-7-2-3-8-5-10-11(13-6-12-10)14-9(8)4-7/h2-6H,1H3,(H,12,13,14). The van der Waals surface area contributed by atoms with Crippen LogP contribution in [-0.4, -0.2) is 15.0 Å². The summed E-state index contributed by atoms with van der Waals surface area (Å²) in [5, 5.41) is 1.15. The van der Waals surface area contributed by atoms with Gasteiger partial charge in [-0.25, -0.2) is 9.97 Å². The number of pyridine rings is 1. The summed E-state index contributed by atoms with van der Waals surface area (Å²) in [5.74, 6) is 0. The molecule has 3 heteroatoms. The van der Waals surface area contributed by atoms with Crippen molar-refractivity contribution in [3.63, 3.8) is 0 Å². The second-order valence-corrected chi connectivity index (χ2v) is 3.46. The van der Waals surface area contributed by atoms with Crippen molar-refractivity contribution >= 4 is 22.1 Å². The Labute approximate surface area is 80.8 Å². The summed E-state index contributed by atoms with van der Waals surface area (Å²) in [4.78, 5) is 11.6. The smallest absolute Gasteiger partial charge is 0.177 e. The topological polar surface area (TPSA) is 41.6 Å². The molecule has 2 aromatic heterocycles. The van der Waals surface area contributed by atoms with Gasteiger partial charge in [-0.15, -0.1) is 0 Å². The van der Waals surface area contributed by atoms with Gasteiger partial charge in [0.15, 0.2) is 5.65 Å². The van der Waals surface area contributed by atoms with Crippen molar-refractivity contribution in [1.29, 1.82) is 0 Å². The number of aryl methyl sites for hydroxylation is 1. The van der Waals surface area contributed by atoms with Gasteiger partial charge in [-0.2, -0.15) is 0 Å². The van der Waals surface area contributed by atoms with Gasteiger partial charge in [0.25, 0.3) is 0 Å². The third-order valence-corrected chi connectivity index (χ3v) is 2.36. The van der Waals surface area contributed by atoms with Gasteiger partial charge in [0, 0.05) is 5.39 Å². The number of hydrogen-bond acceptors (Lipinski definition) is 2. The maximum atomic E-state index is 4.46. The lowest BCUT2D eigenvalue weighted by Crippen LogP contribution is -1.82. The minimum absolute atomic E-state index is 0.781. The molecule has 68 valence electrons. The molecule has 0 bridgehead atoms. The fraction of sp³-hybridized carbons (Fsp3) is 0.0909. The molecular weight excluding hydrogens is 174 g/mol. The molecular formula is C11H9N3. The SMILES string of the molecule is Cc1ccc2cc3[nH]cnc3nc2c1. The van der Waals surface area contributed by atoms with E-state index in [0.29, 0.717) is 0 Å². The van der Waals surface area contributed by atoms with Crippen LogP contribution in [0, 0.1) is 6.92 Å². The van der Waals surface area contributed by atoms with E-state index in [-0.39, 0.29) is 0 Å². The predicted octanol–water partition coefficient (Wildman–Crippen LogP) is 2.42. The number of rotatable bonds is 0. The summed E-state index contributed by atoms with van der Waals surface area (Å²) in [7, 11) is 0. The summed E-state index contributed by atoms with van der Waals surface area (Å²) in [6.07, 6.45) is 1.67. The molecule has 2 heterocycles. The second kappa shape index (κ2) is 2.54. The van der Waals surface area contributed by atoms with E-state index >= 15 is 0 Å². The van der Waals surface area contributed by atoms with Crippen molar-refractivity contribution in [3.05, 3.63) is 36.2 Å². The minimum atomic E-state index is 0.781. The van der Waals surface area contributed by atoms with Crippen LogP contribution in [0.15, 0.2) is 30.6 Å². The van der Waals surface area contributed by atoms with Crippen LogP contribution in [0.5, 0.6) is 0 Å². The van der Waals surface area contributed by atoms with Gasteiger partial charge < -0.3 is 4.98 Å². The Morgan fingerprint density at radius 1 is 1.21 bits per heavy atom. The van der Waals surface area contributed by atoms with Crippen LogP contribution in [0.25, 0.3) is 22.1 Å². The van der Waals surface area contributed by atoms with Gasteiger partial charge in [0.1, 0.15) is 0 Å². The number of aromatic amines is 1. The van der Waals surface area contributed by atoms with E-state index in [4.69, 9.17) is 0 Å². The van der Waals surface area contributed by atoms with Gasteiger partial charge in [0.2, 0.25) is 0 Å². The summed E-state index contributed by atoms with van der Waals surface area (Å²) < 4.78 is 0. The quantitative estimate of drug-likeness (QED) is 0.581. The van der Waals surface area contributed by atoms with Gasteiger partial charge in [-0.1, -0.05) is 12.1 Å². The zero-order valence-electron chi connectivity index (χ0n) is 7.78. The molecule has 0 saturated heterocycles. The fourth-order valence-corrected chi connectivity index (χ4v) is 1.63. The Balaban J connectivity index is 2.50. The van der Waals surface area contributed by atoms with E-state index < -0.39 is 0 Å². The number of hydrogen-bond donors (Lipinski definition) is 1. The highest BCUT2D eigenvalue weighted by molar-refractivity contribution is 5.89. The van der Waals surface area contributed by atoms with E-state index in [0.717, 1.165) is 22.1 Å². The lowest BCUT2D eigenvalue weighted by atomic mass is 10.1. The first-order chi connectivity index (χ1) is 6.83. The summed E-state index contributed by atoms with van der Waals surface area (Å²) >= 11 is 0. The highest BCUT2D eigenvalue weighted by Gasteiger charge is 2.00. The maximum Gasteiger partial charge on any atom is 0.177 e. The first-order valence-corrected chi connectivity index (χ1v) is 4.53. The number of nitrogens with one attached hydrogen (secondary N) is 1. The molecule has 0 unspecified atom stereocenters. The molecule has 14 heavy (non-hydrogen) atoms. The number of aromatic nitrogens is 3. The third kappa shape index (κ3) is 0.988. The van der Waals surface area contributed by atoms with Crippen LogP contribution in [0.4, 0.5) is 0 Å². The van der Waals surface area contributed by atoms with Crippen molar-refractivity contribution in [2.75, 3.05) is 0 Å². The number of H-pyrrole nitrogens is 1. The second-order valence-electron chi connectivity index (χ2n) is 3.46. The molecule has 1 aromatic carbocycles. The molecule has 0 fully saturated rings. The first kappa shape index (κ1) is 7.50. The summed E-state index contributed by atoms with van der Waals surface area (Å²) in [6, 6.07) is 8.32. The van der Waals surface area contributed by atoms with Gasteiger partial charge in [0.05, 0.1) is 17.4 Å². The molecule has 3 rings (SSSR count). The molecule has 0 aliphatic heterocycles. The van der Waals surface area contributed by atoms with Crippen LogP contribution >= 0.6 is 0 Å². The normalized spacial score (nSPS) is 11.2. The average Bonchev–Trinajstić information content (AvgIpc) is 2.61. The Morgan fingerprint density at radius 2 is 2.14 bits per heavy atom. The van der Waals surface area contributed by atoms with E-state index in [2.05, 4.69) is 46.1 Å². The molecule has 3 aromatic rings. The fourth-order valence-electron chi connectivity index (χ4n) is 1.63.